The fourth-order valence-corrected chi connectivity index (χ4v) is 4.50. The molecule has 28 heavy (non-hydrogen) atoms. The van der Waals surface area contributed by atoms with Gasteiger partial charge in [-0.25, -0.2) is 8.42 Å². The number of nitrogens with one attached hydrogen (secondary N) is 1. The molecule has 0 saturated carbocycles. The van der Waals surface area contributed by atoms with Crippen LogP contribution in [0.15, 0.2) is 45.9 Å². The first-order valence-electron chi connectivity index (χ1n) is 8.94. The maximum atomic E-state index is 12.6. The summed E-state index contributed by atoms with van der Waals surface area (Å²) in [5, 5.41) is 13.3. The van der Waals surface area contributed by atoms with Gasteiger partial charge in [0.05, 0.1) is 11.0 Å². The zero-order valence-corrected chi connectivity index (χ0v) is 16.1. The van der Waals surface area contributed by atoms with Gasteiger partial charge < -0.3 is 9.73 Å². The van der Waals surface area contributed by atoms with Gasteiger partial charge in [0.1, 0.15) is 0 Å². The molecule has 1 amide bonds. The topological polar surface area (TPSA) is 123 Å². The Morgan fingerprint density at radius 1 is 1.21 bits per heavy atom. The lowest BCUT2D eigenvalue weighted by atomic mass is 10.1. The molecule has 0 radical (unpaired) electrons. The molecule has 9 nitrogen and oxygen atoms in total. The Hall–Kier alpha value is -2.72. The number of amides is 1. The van der Waals surface area contributed by atoms with E-state index in [1.165, 1.54) is 34.6 Å². The third-order valence-corrected chi connectivity index (χ3v) is 6.42. The molecule has 1 aromatic heterocycles. The summed E-state index contributed by atoms with van der Waals surface area (Å²) in [6.45, 7) is 2.55. The van der Waals surface area contributed by atoms with Crippen molar-refractivity contribution in [1.82, 2.24) is 9.62 Å². The van der Waals surface area contributed by atoms with Crippen molar-refractivity contribution in [3.8, 4) is 0 Å². The summed E-state index contributed by atoms with van der Waals surface area (Å²) >= 11 is 0. The maximum absolute atomic E-state index is 12.6. The number of non-ortho nitro benzene ring substituents is 1. The number of hydrogen-bond acceptors (Lipinski definition) is 6. The van der Waals surface area contributed by atoms with E-state index in [1.54, 1.807) is 13.0 Å². The van der Waals surface area contributed by atoms with E-state index in [1.807, 2.05) is 0 Å². The molecule has 10 heteroatoms. The van der Waals surface area contributed by atoms with E-state index in [-0.39, 0.29) is 16.5 Å². The van der Waals surface area contributed by atoms with E-state index >= 15 is 0 Å². The van der Waals surface area contributed by atoms with Gasteiger partial charge in [-0.1, -0.05) is 18.6 Å². The summed E-state index contributed by atoms with van der Waals surface area (Å²) in [5.74, 6) is -0.730. The Labute approximate surface area is 162 Å². The fraction of sp³-hybridized carbons (Fsp3) is 0.389. The second-order valence-electron chi connectivity index (χ2n) is 6.63. The van der Waals surface area contributed by atoms with Crippen molar-refractivity contribution in [2.45, 2.75) is 37.3 Å². The largest absolute Gasteiger partial charge is 0.438 e. The SMILES string of the molecule is CC(NC(=O)c1ccc(S(=O)(=O)N2CCCCC2)o1)c1cccc([N+](=O)[O-])c1. The molecule has 1 aliphatic rings. The molecule has 0 spiro atoms. The molecule has 1 unspecified atom stereocenters. The van der Waals surface area contributed by atoms with Crippen LogP contribution in [-0.2, 0) is 10.0 Å². The van der Waals surface area contributed by atoms with Crippen LogP contribution < -0.4 is 5.32 Å². The molecule has 2 aromatic rings. The number of nitro groups is 1. The van der Waals surface area contributed by atoms with Crippen LogP contribution in [0.4, 0.5) is 5.69 Å². The zero-order valence-electron chi connectivity index (χ0n) is 15.3. The third kappa shape index (κ3) is 4.23. The molecule has 1 aliphatic heterocycles. The smallest absolute Gasteiger partial charge is 0.287 e. The summed E-state index contributed by atoms with van der Waals surface area (Å²) < 4.78 is 31.9. The molecule has 0 bridgehead atoms. The highest BCUT2D eigenvalue weighted by Crippen LogP contribution is 2.23. The van der Waals surface area contributed by atoms with Crippen molar-refractivity contribution < 1.29 is 22.6 Å². The quantitative estimate of drug-likeness (QED) is 0.580. The monoisotopic (exact) mass is 407 g/mol. The molecular weight excluding hydrogens is 386 g/mol. The van der Waals surface area contributed by atoms with Crippen LogP contribution in [0, 0.1) is 10.1 Å². The minimum absolute atomic E-state index is 0.0773. The molecule has 3 rings (SSSR count). The van der Waals surface area contributed by atoms with Crippen LogP contribution in [0.25, 0.3) is 0 Å². The van der Waals surface area contributed by atoms with Crippen LogP contribution in [-0.4, -0.2) is 36.6 Å². The van der Waals surface area contributed by atoms with E-state index in [0.29, 0.717) is 18.7 Å². The van der Waals surface area contributed by atoms with E-state index in [2.05, 4.69) is 5.32 Å². The van der Waals surface area contributed by atoms with Crippen molar-refractivity contribution in [3.63, 3.8) is 0 Å². The van der Waals surface area contributed by atoms with Crippen molar-refractivity contribution in [1.29, 1.82) is 0 Å². The van der Waals surface area contributed by atoms with Gasteiger partial charge in [-0.15, -0.1) is 0 Å². The molecular formula is C18H21N3O6S. The second-order valence-corrected chi connectivity index (χ2v) is 8.50. The summed E-state index contributed by atoms with van der Waals surface area (Å²) in [6.07, 6.45) is 2.59. The first-order chi connectivity index (χ1) is 13.3. The predicted octanol–water partition coefficient (Wildman–Crippen LogP) is 2.85. The van der Waals surface area contributed by atoms with Gasteiger partial charge >= 0.3 is 0 Å². The average Bonchev–Trinajstić information content (AvgIpc) is 3.20. The van der Waals surface area contributed by atoms with E-state index in [4.69, 9.17) is 4.42 Å². The summed E-state index contributed by atoms with van der Waals surface area (Å²) in [6, 6.07) is 7.99. The van der Waals surface area contributed by atoms with Gasteiger partial charge in [-0.2, -0.15) is 4.31 Å². The Morgan fingerprint density at radius 3 is 2.61 bits per heavy atom. The minimum Gasteiger partial charge on any atom is -0.438 e. The number of carbonyl (C=O) groups is 1. The number of nitrogens with zero attached hydrogens (tertiary/aromatic N) is 2. The van der Waals surface area contributed by atoms with Crippen molar-refractivity contribution in [2.75, 3.05) is 13.1 Å². The molecule has 1 atom stereocenters. The molecule has 1 aromatic carbocycles. The molecule has 1 saturated heterocycles. The van der Waals surface area contributed by atoms with E-state index < -0.39 is 26.9 Å². The van der Waals surface area contributed by atoms with Gasteiger partial charge in [0.15, 0.2) is 5.76 Å². The Bertz CT molecular complexity index is 979. The normalized spacial score (nSPS) is 16.5. The number of benzene rings is 1. The molecule has 150 valence electrons. The highest BCUT2D eigenvalue weighted by molar-refractivity contribution is 7.89. The van der Waals surface area contributed by atoms with Gasteiger partial charge in [-0.05, 0) is 37.5 Å². The fourth-order valence-electron chi connectivity index (χ4n) is 3.07. The first kappa shape index (κ1) is 20.0. The number of sulfonamides is 1. The van der Waals surface area contributed by atoms with Crippen LogP contribution in [0.1, 0.15) is 48.3 Å². The summed E-state index contributed by atoms with van der Waals surface area (Å²) in [7, 11) is -3.76. The van der Waals surface area contributed by atoms with Crippen molar-refractivity contribution >= 4 is 21.6 Å². The number of carbonyl (C=O) groups excluding carboxylic acids is 1. The van der Waals surface area contributed by atoms with Gasteiger partial charge in [-0.3, -0.25) is 14.9 Å². The average molecular weight is 407 g/mol. The van der Waals surface area contributed by atoms with E-state index in [0.717, 1.165) is 19.3 Å². The predicted molar refractivity (Wildman–Crippen MR) is 100 cm³/mol. The third-order valence-electron chi connectivity index (χ3n) is 4.64. The zero-order chi connectivity index (χ0) is 20.3. The Morgan fingerprint density at radius 2 is 1.93 bits per heavy atom. The van der Waals surface area contributed by atoms with E-state index in [9.17, 15) is 23.3 Å². The maximum Gasteiger partial charge on any atom is 0.287 e. The lowest BCUT2D eigenvalue weighted by molar-refractivity contribution is -0.384. The highest BCUT2D eigenvalue weighted by Gasteiger charge is 2.30. The van der Waals surface area contributed by atoms with Gasteiger partial charge in [0, 0.05) is 25.2 Å². The Balaban J connectivity index is 1.72. The van der Waals surface area contributed by atoms with Gasteiger partial charge in [0.25, 0.3) is 21.6 Å². The van der Waals surface area contributed by atoms with Crippen LogP contribution in [0.3, 0.4) is 0 Å². The lowest BCUT2D eigenvalue weighted by Crippen LogP contribution is -2.35. The van der Waals surface area contributed by atoms with Crippen molar-refractivity contribution in [3.05, 3.63) is 57.8 Å². The van der Waals surface area contributed by atoms with Crippen molar-refractivity contribution in [2.24, 2.45) is 0 Å². The minimum atomic E-state index is -3.76. The standard InChI is InChI=1S/C18H21N3O6S/c1-13(14-6-5-7-15(12-14)21(23)24)19-18(22)16-8-9-17(27-16)28(25,26)20-10-3-2-4-11-20/h5-9,12-13H,2-4,10-11H2,1H3,(H,19,22). The Kier molecular flexibility index (Phi) is 5.80. The second kappa shape index (κ2) is 8.11. The highest BCUT2D eigenvalue weighted by atomic mass is 32.2. The van der Waals surface area contributed by atoms with Gasteiger partial charge in [0.2, 0.25) is 5.09 Å². The number of nitro benzene ring substituents is 1. The lowest BCUT2D eigenvalue weighted by Gasteiger charge is -2.24. The first-order valence-corrected chi connectivity index (χ1v) is 10.4. The number of furan rings is 1. The summed E-state index contributed by atoms with van der Waals surface area (Å²) in [5.41, 5.74) is 0.474. The summed E-state index contributed by atoms with van der Waals surface area (Å²) in [4.78, 5) is 22.8. The molecule has 2 heterocycles. The number of hydrogen-bond donors (Lipinski definition) is 1. The van der Waals surface area contributed by atoms with Crippen LogP contribution in [0.2, 0.25) is 0 Å². The van der Waals surface area contributed by atoms with Crippen LogP contribution >= 0.6 is 0 Å². The molecule has 0 aliphatic carbocycles. The number of piperidine rings is 1. The number of rotatable bonds is 6. The van der Waals surface area contributed by atoms with Crippen LogP contribution in [0.5, 0.6) is 0 Å². The molecule has 1 N–H and O–H groups in total. The molecule has 1 fully saturated rings.